The van der Waals surface area contributed by atoms with Crippen molar-refractivity contribution < 1.29 is 18.0 Å². The van der Waals surface area contributed by atoms with Crippen LogP contribution >= 0.6 is 11.6 Å². The molecule has 0 aromatic heterocycles. The van der Waals surface area contributed by atoms with Gasteiger partial charge in [0, 0.05) is 25.2 Å². The number of anilines is 1. The topological polar surface area (TPSA) is 41.1 Å². The number of halogens is 4. The fraction of sp³-hybridized carbons (Fsp3) is 0.500. The molecule has 1 rings (SSSR count). The van der Waals surface area contributed by atoms with Crippen LogP contribution in [-0.2, 0) is 0 Å². The van der Waals surface area contributed by atoms with Crippen molar-refractivity contribution in [1.29, 1.82) is 0 Å². The molecule has 1 unspecified atom stereocenters. The SMILES string of the molecule is CNC(=O)c1cc(NC(C)CCCC(F)(F)F)ccc1Cl. The van der Waals surface area contributed by atoms with E-state index in [0.29, 0.717) is 22.7 Å². The van der Waals surface area contributed by atoms with E-state index in [4.69, 9.17) is 11.6 Å². The molecule has 1 atom stereocenters. The van der Waals surface area contributed by atoms with Gasteiger partial charge in [0.15, 0.2) is 0 Å². The molecule has 0 bridgehead atoms. The Kier molecular flexibility index (Phi) is 6.33. The van der Waals surface area contributed by atoms with Crippen molar-refractivity contribution in [1.82, 2.24) is 5.32 Å². The Morgan fingerprint density at radius 2 is 2.05 bits per heavy atom. The molecular weight excluding hydrogens is 305 g/mol. The molecule has 0 heterocycles. The normalized spacial score (nSPS) is 12.9. The first-order chi connectivity index (χ1) is 9.73. The first-order valence-corrected chi connectivity index (χ1v) is 6.95. The van der Waals surface area contributed by atoms with E-state index in [-0.39, 0.29) is 18.4 Å². The van der Waals surface area contributed by atoms with Gasteiger partial charge in [0.05, 0.1) is 10.6 Å². The second kappa shape index (κ2) is 7.54. The van der Waals surface area contributed by atoms with Crippen LogP contribution in [0.5, 0.6) is 0 Å². The van der Waals surface area contributed by atoms with Crippen LogP contribution in [0.2, 0.25) is 5.02 Å². The summed E-state index contributed by atoms with van der Waals surface area (Å²) in [6, 6.07) is 4.72. The Morgan fingerprint density at radius 3 is 2.62 bits per heavy atom. The molecule has 0 spiro atoms. The third-order valence-corrected chi connectivity index (χ3v) is 3.28. The van der Waals surface area contributed by atoms with Crippen LogP contribution < -0.4 is 10.6 Å². The van der Waals surface area contributed by atoms with Crippen molar-refractivity contribution >= 4 is 23.2 Å². The highest BCUT2D eigenvalue weighted by molar-refractivity contribution is 6.34. The first kappa shape index (κ1) is 17.6. The Morgan fingerprint density at radius 1 is 1.38 bits per heavy atom. The summed E-state index contributed by atoms with van der Waals surface area (Å²) in [5.74, 6) is -0.312. The van der Waals surface area contributed by atoms with Crippen LogP contribution in [0.1, 0.15) is 36.5 Å². The van der Waals surface area contributed by atoms with Crippen molar-refractivity contribution in [3.63, 3.8) is 0 Å². The number of hydrogen-bond donors (Lipinski definition) is 2. The molecule has 118 valence electrons. The summed E-state index contributed by atoms with van der Waals surface area (Å²) in [6.45, 7) is 1.80. The highest BCUT2D eigenvalue weighted by atomic mass is 35.5. The fourth-order valence-corrected chi connectivity index (χ4v) is 2.09. The molecule has 1 amide bonds. The summed E-state index contributed by atoms with van der Waals surface area (Å²) < 4.78 is 36.2. The molecule has 0 radical (unpaired) electrons. The van der Waals surface area contributed by atoms with E-state index in [9.17, 15) is 18.0 Å². The Bertz CT molecular complexity index is 492. The Balaban J connectivity index is 2.60. The molecule has 3 nitrogen and oxygen atoms in total. The van der Waals surface area contributed by atoms with Crippen LogP contribution in [0.3, 0.4) is 0 Å². The lowest BCUT2D eigenvalue weighted by molar-refractivity contribution is -0.135. The van der Waals surface area contributed by atoms with Gasteiger partial charge in [0.1, 0.15) is 0 Å². The number of hydrogen-bond acceptors (Lipinski definition) is 2. The summed E-state index contributed by atoms with van der Waals surface area (Å²) in [5, 5.41) is 5.87. The largest absolute Gasteiger partial charge is 0.389 e. The number of alkyl halides is 3. The van der Waals surface area contributed by atoms with E-state index >= 15 is 0 Å². The number of carbonyl (C=O) groups excluding carboxylic acids is 1. The number of rotatable bonds is 6. The monoisotopic (exact) mass is 322 g/mol. The van der Waals surface area contributed by atoms with E-state index in [1.165, 1.54) is 7.05 Å². The van der Waals surface area contributed by atoms with Crippen LogP contribution in [0.15, 0.2) is 18.2 Å². The van der Waals surface area contributed by atoms with Crippen LogP contribution in [0, 0.1) is 0 Å². The lowest BCUT2D eigenvalue weighted by atomic mass is 10.1. The van der Waals surface area contributed by atoms with E-state index in [1.54, 1.807) is 25.1 Å². The molecule has 0 aliphatic carbocycles. The van der Waals surface area contributed by atoms with Gasteiger partial charge >= 0.3 is 6.18 Å². The number of amides is 1. The van der Waals surface area contributed by atoms with Gasteiger partial charge in [-0.25, -0.2) is 0 Å². The molecule has 0 fully saturated rings. The van der Waals surface area contributed by atoms with Gasteiger partial charge in [-0.05, 0) is 38.0 Å². The second-order valence-corrected chi connectivity index (χ2v) is 5.23. The van der Waals surface area contributed by atoms with Gasteiger partial charge in [-0.15, -0.1) is 0 Å². The van der Waals surface area contributed by atoms with Crippen molar-refractivity contribution in [2.45, 2.75) is 38.4 Å². The first-order valence-electron chi connectivity index (χ1n) is 6.58. The quantitative estimate of drug-likeness (QED) is 0.822. The van der Waals surface area contributed by atoms with Gasteiger partial charge in [-0.2, -0.15) is 13.2 Å². The maximum absolute atomic E-state index is 12.1. The second-order valence-electron chi connectivity index (χ2n) is 4.83. The third kappa shape index (κ3) is 6.25. The smallest absolute Gasteiger partial charge is 0.383 e. The highest BCUT2D eigenvalue weighted by Gasteiger charge is 2.26. The third-order valence-electron chi connectivity index (χ3n) is 2.95. The van der Waals surface area contributed by atoms with Crippen molar-refractivity contribution in [3.8, 4) is 0 Å². The molecule has 0 saturated heterocycles. The van der Waals surface area contributed by atoms with E-state index < -0.39 is 12.6 Å². The van der Waals surface area contributed by atoms with Crippen LogP contribution in [0.25, 0.3) is 0 Å². The fourth-order valence-electron chi connectivity index (χ4n) is 1.89. The standard InChI is InChI=1S/C14H18ClF3N2O/c1-9(4-3-7-14(16,17)18)20-10-5-6-12(15)11(8-10)13(21)19-2/h5-6,8-9,20H,3-4,7H2,1-2H3,(H,19,21). The van der Waals surface area contributed by atoms with Crippen molar-refractivity contribution in [2.24, 2.45) is 0 Å². The Hall–Kier alpha value is -1.43. The summed E-state index contributed by atoms with van der Waals surface area (Å²) >= 11 is 5.93. The van der Waals surface area contributed by atoms with E-state index in [1.807, 2.05) is 0 Å². The molecule has 0 aliphatic rings. The van der Waals surface area contributed by atoms with E-state index in [2.05, 4.69) is 10.6 Å². The molecule has 2 N–H and O–H groups in total. The van der Waals surface area contributed by atoms with Gasteiger partial charge in [0.25, 0.3) is 5.91 Å². The molecule has 7 heteroatoms. The summed E-state index contributed by atoms with van der Waals surface area (Å²) in [6.07, 6.45) is -4.46. The van der Waals surface area contributed by atoms with Gasteiger partial charge in [0.2, 0.25) is 0 Å². The lowest BCUT2D eigenvalue weighted by Gasteiger charge is -2.16. The predicted molar refractivity (Wildman–Crippen MR) is 77.8 cm³/mol. The van der Waals surface area contributed by atoms with Crippen molar-refractivity contribution in [3.05, 3.63) is 28.8 Å². The zero-order valence-corrected chi connectivity index (χ0v) is 12.6. The van der Waals surface area contributed by atoms with E-state index in [0.717, 1.165) is 0 Å². The number of nitrogens with one attached hydrogen (secondary N) is 2. The molecule has 0 saturated carbocycles. The number of benzene rings is 1. The minimum atomic E-state index is -4.12. The zero-order chi connectivity index (χ0) is 16.0. The molecule has 21 heavy (non-hydrogen) atoms. The van der Waals surface area contributed by atoms with Crippen LogP contribution in [0.4, 0.5) is 18.9 Å². The summed E-state index contributed by atoms with van der Waals surface area (Å²) in [4.78, 5) is 11.6. The van der Waals surface area contributed by atoms with Crippen molar-refractivity contribution in [2.75, 3.05) is 12.4 Å². The zero-order valence-electron chi connectivity index (χ0n) is 11.9. The highest BCUT2D eigenvalue weighted by Crippen LogP contribution is 2.24. The molecule has 1 aromatic rings. The molecule has 1 aromatic carbocycles. The summed E-state index contributed by atoms with van der Waals surface area (Å²) in [5.41, 5.74) is 0.976. The van der Waals surface area contributed by atoms with Gasteiger partial charge < -0.3 is 10.6 Å². The average molecular weight is 323 g/mol. The Labute approximate surface area is 126 Å². The minimum Gasteiger partial charge on any atom is -0.383 e. The van der Waals surface area contributed by atoms with Crippen LogP contribution in [-0.4, -0.2) is 25.2 Å². The minimum absolute atomic E-state index is 0.0631. The number of carbonyl (C=O) groups is 1. The average Bonchev–Trinajstić information content (AvgIpc) is 2.38. The van der Waals surface area contributed by atoms with Gasteiger partial charge in [-0.1, -0.05) is 11.6 Å². The predicted octanol–water partition coefficient (Wildman–Crippen LogP) is 4.23. The summed E-state index contributed by atoms with van der Waals surface area (Å²) in [7, 11) is 1.50. The maximum Gasteiger partial charge on any atom is 0.389 e. The lowest BCUT2D eigenvalue weighted by Crippen LogP contribution is -2.20. The molecular formula is C14H18ClF3N2O. The molecule has 0 aliphatic heterocycles. The van der Waals surface area contributed by atoms with Gasteiger partial charge in [-0.3, -0.25) is 4.79 Å². The maximum atomic E-state index is 12.1.